The fourth-order valence-corrected chi connectivity index (χ4v) is 1.76. The van der Waals surface area contributed by atoms with Crippen LogP contribution in [0.5, 0.6) is 0 Å². The molecular formula is C10H21ClN2O2. The Bertz CT molecular complexity index is 190. The Morgan fingerprint density at radius 3 is 2.93 bits per heavy atom. The molecule has 1 saturated heterocycles. The molecule has 2 N–H and O–H groups in total. The summed E-state index contributed by atoms with van der Waals surface area (Å²) in [6, 6.07) is 0. The summed E-state index contributed by atoms with van der Waals surface area (Å²) in [7, 11) is 0. The second-order valence-corrected chi connectivity index (χ2v) is 3.69. The maximum Gasteiger partial charge on any atom is 0.223 e. The van der Waals surface area contributed by atoms with Gasteiger partial charge >= 0.3 is 0 Å². The molecule has 90 valence electrons. The van der Waals surface area contributed by atoms with Gasteiger partial charge in [0.05, 0.1) is 6.61 Å². The van der Waals surface area contributed by atoms with Gasteiger partial charge < -0.3 is 15.4 Å². The second-order valence-electron chi connectivity index (χ2n) is 3.69. The van der Waals surface area contributed by atoms with E-state index in [1.54, 1.807) is 0 Å². The van der Waals surface area contributed by atoms with Crippen LogP contribution in [0.4, 0.5) is 0 Å². The summed E-state index contributed by atoms with van der Waals surface area (Å²) in [5.41, 5.74) is 5.34. The van der Waals surface area contributed by atoms with Crippen LogP contribution in [0, 0.1) is 5.92 Å². The van der Waals surface area contributed by atoms with Crippen molar-refractivity contribution in [2.24, 2.45) is 11.7 Å². The average molecular weight is 237 g/mol. The second kappa shape index (κ2) is 7.91. The van der Waals surface area contributed by atoms with Crippen molar-refractivity contribution in [2.45, 2.75) is 19.8 Å². The number of amides is 1. The van der Waals surface area contributed by atoms with E-state index < -0.39 is 0 Å². The van der Waals surface area contributed by atoms with Gasteiger partial charge in [0.25, 0.3) is 0 Å². The first-order chi connectivity index (χ1) is 6.77. The minimum atomic E-state index is 0. The number of likely N-dealkylation sites (tertiary alicyclic amines) is 1. The molecule has 4 nitrogen and oxygen atoms in total. The van der Waals surface area contributed by atoms with Crippen LogP contribution < -0.4 is 5.73 Å². The van der Waals surface area contributed by atoms with Gasteiger partial charge in [-0.1, -0.05) is 0 Å². The molecule has 0 radical (unpaired) electrons. The van der Waals surface area contributed by atoms with Gasteiger partial charge in [0.2, 0.25) is 5.91 Å². The predicted octanol–water partition coefficient (Wildman–Crippen LogP) is 0.642. The lowest BCUT2D eigenvalue weighted by atomic mass is 10.1. The minimum Gasteiger partial charge on any atom is -0.381 e. The smallest absolute Gasteiger partial charge is 0.223 e. The Labute approximate surface area is 97.5 Å². The topological polar surface area (TPSA) is 55.6 Å². The van der Waals surface area contributed by atoms with Crippen LogP contribution in [0.1, 0.15) is 19.8 Å². The Kier molecular flexibility index (Phi) is 7.74. The highest BCUT2D eigenvalue weighted by Crippen LogP contribution is 2.16. The highest BCUT2D eigenvalue weighted by molar-refractivity contribution is 5.85. The molecule has 1 amide bonds. The summed E-state index contributed by atoms with van der Waals surface area (Å²) in [6.07, 6.45) is 1.54. The number of carbonyl (C=O) groups excluding carboxylic acids is 1. The summed E-state index contributed by atoms with van der Waals surface area (Å²) in [5.74, 6) is 0.711. The molecule has 1 atom stereocenters. The molecule has 15 heavy (non-hydrogen) atoms. The van der Waals surface area contributed by atoms with Gasteiger partial charge in [0.15, 0.2) is 0 Å². The predicted molar refractivity (Wildman–Crippen MR) is 62.1 cm³/mol. The number of carbonyl (C=O) groups is 1. The molecule has 1 aliphatic rings. The largest absolute Gasteiger partial charge is 0.381 e. The van der Waals surface area contributed by atoms with Gasteiger partial charge in [-0.05, 0) is 13.3 Å². The summed E-state index contributed by atoms with van der Waals surface area (Å²) >= 11 is 0. The van der Waals surface area contributed by atoms with Crippen molar-refractivity contribution in [1.29, 1.82) is 0 Å². The third kappa shape index (κ3) is 4.82. The van der Waals surface area contributed by atoms with Crippen LogP contribution >= 0.6 is 12.4 Å². The Balaban J connectivity index is 0.00000196. The van der Waals surface area contributed by atoms with E-state index in [1.165, 1.54) is 0 Å². The van der Waals surface area contributed by atoms with Crippen molar-refractivity contribution in [3.63, 3.8) is 0 Å². The zero-order valence-corrected chi connectivity index (χ0v) is 10.1. The van der Waals surface area contributed by atoms with Crippen LogP contribution in [0.15, 0.2) is 0 Å². The molecular weight excluding hydrogens is 216 g/mol. The molecule has 0 aromatic carbocycles. The molecule has 5 heteroatoms. The number of rotatable bonds is 5. The maximum absolute atomic E-state index is 11.5. The zero-order chi connectivity index (χ0) is 10.4. The first-order valence-electron chi connectivity index (χ1n) is 5.33. The lowest BCUT2D eigenvalue weighted by Crippen LogP contribution is -2.30. The van der Waals surface area contributed by atoms with Crippen LogP contribution in [0.3, 0.4) is 0 Å². The van der Waals surface area contributed by atoms with Crippen molar-refractivity contribution in [2.75, 3.05) is 32.8 Å². The number of hydrogen-bond acceptors (Lipinski definition) is 3. The Morgan fingerprint density at radius 2 is 2.33 bits per heavy atom. The third-order valence-corrected chi connectivity index (χ3v) is 2.55. The molecule has 0 spiro atoms. The SMILES string of the molecule is CCOCC1CCN(C(=O)CCN)C1.Cl. The molecule has 0 bridgehead atoms. The Morgan fingerprint density at radius 1 is 1.60 bits per heavy atom. The molecule has 1 fully saturated rings. The minimum absolute atomic E-state index is 0. The fourth-order valence-electron chi connectivity index (χ4n) is 1.76. The van der Waals surface area contributed by atoms with Crippen molar-refractivity contribution < 1.29 is 9.53 Å². The van der Waals surface area contributed by atoms with Gasteiger partial charge in [-0.3, -0.25) is 4.79 Å². The van der Waals surface area contributed by atoms with Crippen LogP contribution in [-0.4, -0.2) is 43.7 Å². The van der Waals surface area contributed by atoms with Crippen LogP contribution in [-0.2, 0) is 9.53 Å². The van der Waals surface area contributed by atoms with Crippen molar-refractivity contribution >= 4 is 18.3 Å². The highest BCUT2D eigenvalue weighted by atomic mass is 35.5. The molecule has 0 aromatic heterocycles. The van der Waals surface area contributed by atoms with Gasteiger partial charge in [-0.25, -0.2) is 0 Å². The fraction of sp³-hybridized carbons (Fsp3) is 0.900. The number of hydrogen-bond donors (Lipinski definition) is 1. The van der Waals surface area contributed by atoms with Crippen molar-refractivity contribution in [1.82, 2.24) is 4.90 Å². The molecule has 0 saturated carbocycles. The summed E-state index contributed by atoms with van der Waals surface area (Å²) in [5, 5.41) is 0. The Hall–Kier alpha value is -0.320. The quantitative estimate of drug-likeness (QED) is 0.762. The third-order valence-electron chi connectivity index (χ3n) is 2.55. The lowest BCUT2D eigenvalue weighted by molar-refractivity contribution is -0.130. The van der Waals surface area contributed by atoms with E-state index in [0.29, 0.717) is 18.9 Å². The number of nitrogens with two attached hydrogens (primary N) is 1. The van der Waals surface area contributed by atoms with Gasteiger partial charge in [-0.15, -0.1) is 12.4 Å². The van der Waals surface area contributed by atoms with E-state index in [9.17, 15) is 4.79 Å². The van der Waals surface area contributed by atoms with E-state index in [-0.39, 0.29) is 18.3 Å². The zero-order valence-electron chi connectivity index (χ0n) is 9.28. The first-order valence-corrected chi connectivity index (χ1v) is 5.33. The number of ether oxygens (including phenoxy) is 1. The summed E-state index contributed by atoms with van der Waals surface area (Å²) in [6.45, 7) is 5.70. The van der Waals surface area contributed by atoms with Gasteiger partial charge in [-0.2, -0.15) is 0 Å². The molecule has 1 rings (SSSR count). The van der Waals surface area contributed by atoms with Gasteiger partial charge in [0, 0.05) is 38.6 Å². The molecule has 0 aliphatic carbocycles. The molecule has 0 aromatic rings. The van der Waals surface area contributed by atoms with E-state index in [0.717, 1.165) is 32.7 Å². The molecule has 1 aliphatic heterocycles. The van der Waals surface area contributed by atoms with Crippen LogP contribution in [0.25, 0.3) is 0 Å². The molecule has 1 heterocycles. The summed E-state index contributed by atoms with van der Waals surface area (Å²) < 4.78 is 5.34. The van der Waals surface area contributed by atoms with Gasteiger partial charge in [0.1, 0.15) is 0 Å². The van der Waals surface area contributed by atoms with Crippen LogP contribution in [0.2, 0.25) is 0 Å². The van der Waals surface area contributed by atoms with E-state index in [1.807, 2.05) is 11.8 Å². The van der Waals surface area contributed by atoms with Crippen molar-refractivity contribution in [3.8, 4) is 0 Å². The van der Waals surface area contributed by atoms with E-state index in [4.69, 9.17) is 10.5 Å². The monoisotopic (exact) mass is 236 g/mol. The highest BCUT2D eigenvalue weighted by Gasteiger charge is 2.25. The standard InChI is InChI=1S/C10H20N2O2.ClH/c1-2-14-8-9-4-6-12(7-9)10(13)3-5-11;/h9H,2-8,11H2,1H3;1H. The molecule has 1 unspecified atom stereocenters. The number of nitrogens with zero attached hydrogens (tertiary/aromatic N) is 1. The maximum atomic E-state index is 11.5. The normalized spacial score (nSPS) is 20.1. The number of halogens is 1. The lowest BCUT2D eigenvalue weighted by Gasteiger charge is -2.15. The summed E-state index contributed by atoms with van der Waals surface area (Å²) in [4.78, 5) is 13.4. The van der Waals surface area contributed by atoms with Crippen molar-refractivity contribution in [3.05, 3.63) is 0 Å². The van der Waals surface area contributed by atoms with E-state index >= 15 is 0 Å². The van der Waals surface area contributed by atoms with E-state index in [2.05, 4.69) is 0 Å². The first kappa shape index (κ1) is 14.7. The average Bonchev–Trinajstić information content (AvgIpc) is 2.63.